The van der Waals surface area contributed by atoms with E-state index in [1.807, 2.05) is 0 Å². The van der Waals surface area contributed by atoms with Crippen LogP contribution in [-0.2, 0) is 9.53 Å². The molecule has 0 radical (unpaired) electrons. The van der Waals surface area contributed by atoms with E-state index in [4.69, 9.17) is 10.5 Å². The summed E-state index contributed by atoms with van der Waals surface area (Å²) < 4.78 is 4.82. The van der Waals surface area contributed by atoms with Gasteiger partial charge in [0, 0.05) is 6.61 Å². The van der Waals surface area contributed by atoms with E-state index < -0.39 is 0 Å². The molecule has 0 saturated carbocycles. The molecule has 1 unspecified atom stereocenters. The fourth-order valence-electron chi connectivity index (χ4n) is 0.651. The minimum absolute atomic E-state index is 0. The number of ketones is 1. The first kappa shape index (κ1) is 8.88. The molecular formula is C5H10ClNO2. The standard InChI is InChI=1S/C5H9NO2.ClH/c6-4-1-2-8-3-5(4)7;/h4H,1-3,6H2;1H. The molecule has 1 rings (SSSR count). The maximum atomic E-state index is 10.5. The van der Waals surface area contributed by atoms with Crippen molar-refractivity contribution in [3.05, 3.63) is 0 Å². The van der Waals surface area contributed by atoms with Crippen LogP contribution in [0.5, 0.6) is 0 Å². The van der Waals surface area contributed by atoms with E-state index in [-0.39, 0.29) is 30.8 Å². The Morgan fingerprint density at radius 3 is 2.67 bits per heavy atom. The average molecular weight is 152 g/mol. The fraction of sp³-hybridized carbons (Fsp3) is 0.800. The lowest BCUT2D eigenvalue weighted by Crippen LogP contribution is -2.38. The topological polar surface area (TPSA) is 52.3 Å². The molecule has 9 heavy (non-hydrogen) atoms. The number of halogens is 1. The van der Waals surface area contributed by atoms with E-state index in [0.717, 1.165) is 0 Å². The quantitative estimate of drug-likeness (QED) is 0.519. The summed E-state index contributed by atoms with van der Waals surface area (Å²) in [4.78, 5) is 10.5. The molecule has 0 aliphatic carbocycles. The summed E-state index contributed by atoms with van der Waals surface area (Å²) in [6.45, 7) is 0.841. The molecule has 3 nitrogen and oxygen atoms in total. The molecule has 1 fully saturated rings. The van der Waals surface area contributed by atoms with E-state index >= 15 is 0 Å². The third-order valence-corrected chi connectivity index (χ3v) is 1.23. The van der Waals surface area contributed by atoms with Gasteiger partial charge >= 0.3 is 0 Å². The number of hydrogen-bond acceptors (Lipinski definition) is 3. The van der Waals surface area contributed by atoms with Crippen LogP contribution in [0.15, 0.2) is 0 Å². The first-order chi connectivity index (χ1) is 3.80. The molecule has 2 N–H and O–H groups in total. The third-order valence-electron chi connectivity index (χ3n) is 1.23. The Labute approximate surface area is 60.0 Å². The zero-order valence-electron chi connectivity index (χ0n) is 5.00. The fourth-order valence-corrected chi connectivity index (χ4v) is 0.651. The molecule has 0 spiro atoms. The van der Waals surface area contributed by atoms with Crippen LogP contribution < -0.4 is 5.73 Å². The molecule has 0 aromatic rings. The number of Topliss-reactive ketones (excluding diaryl/α,β-unsaturated/α-hetero) is 1. The highest BCUT2D eigenvalue weighted by atomic mass is 35.5. The molecular weight excluding hydrogens is 142 g/mol. The summed E-state index contributed by atoms with van der Waals surface area (Å²) >= 11 is 0. The van der Waals surface area contributed by atoms with Crippen LogP contribution in [-0.4, -0.2) is 25.0 Å². The van der Waals surface area contributed by atoms with Gasteiger partial charge in [0.15, 0.2) is 5.78 Å². The summed E-state index contributed by atoms with van der Waals surface area (Å²) in [6, 6.07) is -0.260. The van der Waals surface area contributed by atoms with Crippen LogP contribution in [0, 0.1) is 0 Å². The first-order valence-corrected chi connectivity index (χ1v) is 2.67. The Morgan fingerprint density at radius 1 is 1.67 bits per heavy atom. The normalized spacial score (nSPS) is 27.2. The summed E-state index contributed by atoms with van der Waals surface area (Å²) in [5.41, 5.74) is 5.35. The summed E-state index contributed by atoms with van der Waals surface area (Å²) in [7, 11) is 0. The molecule has 1 aliphatic rings. The van der Waals surface area contributed by atoms with Crippen LogP contribution >= 0.6 is 12.4 Å². The minimum Gasteiger partial charge on any atom is -0.374 e. The Kier molecular flexibility index (Phi) is 3.77. The van der Waals surface area contributed by atoms with Gasteiger partial charge in [-0.3, -0.25) is 4.79 Å². The second-order valence-electron chi connectivity index (χ2n) is 1.91. The van der Waals surface area contributed by atoms with Gasteiger partial charge in [-0.2, -0.15) is 0 Å². The Balaban J connectivity index is 0.000000640. The zero-order valence-corrected chi connectivity index (χ0v) is 5.82. The second-order valence-corrected chi connectivity index (χ2v) is 1.91. The van der Waals surface area contributed by atoms with E-state index in [0.29, 0.717) is 13.0 Å². The Hall–Kier alpha value is -0.120. The van der Waals surface area contributed by atoms with Crippen LogP contribution in [0.3, 0.4) is 0 Å². The molecule has 1 heterocycles. The summed E-state index contributed by atoms with van der Waals surface area (Å²) in [6.07, 6.45) is 0.679. The van der Waals surface area contributed by atoms with Crippen molar-refractivity contribution in [2.45, 2.75) is 12.5 Å². The smallest absolute Gasteiger partial charge is 0.175 e. The number of ether oxygens (including phenoxy) is 1. The van der Waals surface area contributed by atoms with Crippen molar-refractivity contribution in [2.75, 3.05) is 13.2 Å². The lowest BCUT2D eigenvalue weighted by molar-refractivity contribution is -0.128. The second kappa shape index (κ2) is 3.82. The largest absolute Gasteiger partial charge is 0.374 e. The SMILES string of the molecule is Cl.NC1CCOCC1=O. The monoisotopic (exact) mass is 151 g/mol. The lowest BCUT2D eigenvalue weighted by atomic mass is 10.1. The van der Waals surface area contributed by atoms with E-state index in [9.17, 15) is 4.79 Å². The first-order valence-electron chi connectivity index (χ1n) is 2.67. The third kappa shape index (κ3) is 2.30. The van der Waals surface area contributed by atoms with E-state index in [1.165, 1.54) is 0 Å². The van der Waals surface area contributed by atoms with Gasteiger partial charge in [-0.05, 0) is 6.42 Å². The Bertz CT molecular complexity index is 107. The Morgan fingerprint density at radius 2 is 2.33 bits per heavy atom. The van der Waals surface area contributed by atoms with E-state index in [1.54, 1.807) is 0 Å². The highest BCUT2D eigenvalue weighted by Gasteiger charge is 2.17. The van der Waals surface area contributed by atoms with Gasteiger partial charge in [-0.25, -0.2) is 0 Å². The molecule has 0 aromatic heterocycles. The molecule has 1 atom stereocenters. The number of nitrogens with two attached hydrogens (primary N) is 1. The number of carbonyl (C=O) groups excluding carboxylic acids is 1. The van der Waals surface area contributed by atoms with Crippen molar-refractivity contribution in [3.8, 4) is 0 Å². The van der Waals surface area contributed by atoms with E-state index in [2.05, 4.69) is 0 Å². The highest BCUT2D eigenvalue weighted by molar-refractivity contribution is 5.85. The average Bonchev–Trinajstić information content (AvgIpc) is 1.77. The van der Waals surface area contributed by atoms with Gasteiger partial charge in [-0.15, -0.1) is 12.4 Å². The lowest BCUT2D eigenvalue weighted by Gasteiger charge is -2.15. The molecule has 1 saturated heterocycles. The maximum absolute atomic E-state index is 10.5. The highest BCUT2D eigenvalue weighted by Crippen LogP contribution is 1.98. The molecule has 0 amide bonds. The van der Waals surface area contributed by atoms with Gasteiger partial charge in [0.2, 0.25) is 0 Å². The predicted molar refractivity (Wildman–Crippen MR) is 35.7 cm³/mol. The van der Waals surface area contributed by atoms with Crippen molar-refractivity contribution in [1.29, 1.82) is 0 Å². The van der Waals surface area contributed by atoms with Crippen molar-refractivity contribution < 1.29 is 9.53 Å². The molecule has 1 aliphatic heterocycles. The number of hydrogen-bond donors (Lipinski definition) is 1. The van der Waals surface area contributed by atoms with Gasteiger partial charge in [0.05, 0.1) is 6.04 Å². The van der Waals surface area contributed by atoms with Crippen molar-refractivity contribution in [1.82, 2.24) is 0 Å². The van der Waals surface area contributed by atoms with Crippen LogP contribution in [0.4, 0.5) is 0 Å². The molecule has 54 valence electrons. The number of carbonyl (C=O) groups is 1. The van der Waals surface area contributed by atoms with Gasteiger partial charge in [0.25, 0.3) is 0 Å². The number of rotatable bonds is 0. The predicted octanol–water partition coefficient (Wildman–Crippen LogP) is -0.275. The molecule has 0 aromatic carbocycles. The molecule has 0 bridgehead atoms. The van der Waals surface area contributed by atoms with Gasteiger partial charge in [-0.1, -0.05) is 0 Å². The van der Waals surface area contributed by atoms with Gasteiger partial charge < -0.3 is 10.5 Å². The minimum atomic E-state index is -0.260. The van der Waals surface area contributed by atoms with Gasteiger partial charge in [0.1, 0.15) is 6.61 Å². The molecule has 4 heteroatoms. The maximum Gasteiger partial charge on any atom is 0.175 e. The summed E-state index contributed by atoms with van der Waals surface area (Å²) in [5, 5.41) is 0. The van der Waals surface area contributed by atoms with Crippen LogP contribution in [0.25, 0.3) is 0 Å². The van der Waals surface area contributed by atoms with Crippen molar-refractivity contribution >= 4 is 18.2 Å². The van der Waals surface area contributed by atoms with Crippen LogP contribution in [0.2, 0.25) is 0 Å². The van der Waals surface area contributed by atoms with Crippen LogP contribution in [0.1, 0.15) is 6.42 Å². The van der Waals surface area contributed by atoms with Crippen molar-refractivity contribution in [2.24, 2.45) is 5.73 Å². The summed E-state index contributed by atoms with van der Waals surface area (Å²) in [5.74, 6) is 0.0243. The zero-order chi connectivity index (χ0) is 5.98. The van der Waals surface area contributed by atoms with Crippen molar-refractivity contribution in [3.63, 3.8) is 0 Å².